The molecule has 0 fully saturated rings. The van der Waals surface area contributed by atoms with Crippen molar-refractivity contribution >= 4 is 17.4 Å². The first-order valence-corrected chi connectivity index (χ1v) is 7.61. The number of benzene rings is 2. The number of amides is 1. The van der Waals surface area contributed by atoms with Crippen molar-refractivity contribution in [3.63, 3.8) is 0 Å². The Bertz CT molecular complexity index is 769. The number of anilines is 1. The first-order chi connectivity index (χ1) is 10.9. The predicted molar refractivity (Wildman–Crippen MR) is 88.0 cm³/mol. The van der Waals surface area contributed by atoms with Crippen molar-refractivity contribution in [3.05, 3.63) is 65.2 Å². The van der Waals surface area contributed by atoms with Gasteiger partial charge in [-0.15, -0.1) is 0 Å². The van der Waals surface area contributed by atoms with Gasteiger partial charge in [0, 0.05) is 12.0 Å². The summed E-state index contributed by atoms with van der Waals surface area (Å²) in [4.78, 5) is 26.1. The second-order valence-corrected chi connectivity index (χ2v) is 6.09. The zero-order valence-corrected chi connectivity index (χ0v) is 13.2. The third-order valence-corrected chi connectivity index (χ3v) is 4.24. The standard InChI is InChI=1S/C19H19NO3/c1-13-7-6-10-16-17(13)20(12-15-8-4-3-5-9-15)18(22)19(16,23)11-14(2)21/h3-10,23H,11-12H2,1-2H3/t19-/m0/s1. The van der Waals surface area contributed by atoms with Gasteiger partial charge in [-0.25, -0.2) is 0 Å². The van der Waals surface area contributed by atoms with Crippen LogP contribution in [0.5, 0.6) is 0 Å². The predicted octanol–water partition coefficient (Wildman–Crippen LogP) is 2.71. The molecule has 0 bridgehead atoms. The number of carbonyl (C=O) groups is 2. The number of aliphatic hydroxyl groups is 1. The Balaban J connectivity index is 2.09. The SMILES string of the molecule is CC(=O)C[C@@]1(O)C(=O)N(Cc2ccccc2)c2c(C)cccc21. The molecular formula is C19H19NO3. The number of rotatable bonds is 4. The van der Waals surface area contributed by atoms with Crippen molar-refractivity contribution in [2.45, 2.75) is 32.4 Å². The van der Waals surface area contributed by atoms with Crippen molar-refractivity contribution in [2.24, 2.45) is 0 Å². The van der Waals surface area contributed by atoms with Crippen molar-refractivity contribution in [1.82, 2.24) is 0 Å². The monoisotopic (exact) mass is 309 g/mol. The number of aryl methyl sites for hydroxylation is 1. The Hall–Kier alpha value is -2.46. The molecule has 2 aromatic carbocycles. The quantitative estimate of drug-likeness (QED) is 0.944. The van der Waals surface area contributed by atoms with Crippen LogP contribution in [-0.4, -0.2) is 16.8 Å². The lowest BCUT2D eigenvalue weighted by Gasteiger charge is -2.22. The zero-order chi connectivity index (χ0) is 16.6. The molecule has 23 heavy (non-hydrogen) atoms. The number of hydrogen-bond acceptors (Lipinski definition) is 3. The van der Waals surface area contributed by atoms with Gasteiger partial charge in [-0.2, -0.15) is 0 Å². The average Bonchev–Trinajstić information content (AvgIpc) is 2.71. The second kappa shape index (κ2) is 5.63. The molecule has 0 saturated carbocycles. The van der Waals surface area contributed by atoms with Crippen molar-refractivity contribution in [3.8, 4) is 0 Å². The molecule has 0 saturated heterocycles. The molecule has 1 atom stereocenters. The van der Waals surface area contributed by atoms with E-state index in [1.165, 1.54) is 6.92 Å². The van der Waals surface area contributed by atoms with E-state index in [-0.39, 0.29) is 12.2 Å². The third kappa shape index (κ3) is 2.55. The number of para-hydroxylation sites is 1. The van der Waals surface area contributed by atoms with E-state index in [1.54, 1.807) is 17.0 Å². The van der Waals surface area contributed by atoms with Gasteiger partial charge in [0.05, 0.1) is 12.2 Å². The minimum Gasteiger partial charge on any atom is -0.375 e. The van der Waals surface area contributed by atoms with Gasteiger partial charge in [-0.05, 0) is 25.0 Å². The maximum atomic E-state index is 12.9. The van der Waals surface area contributed by atoms with Crippen LogP contribution in [-0.2, 0) is 21.7 Å². The van der Waals surface area contributed by atoms with E-state index >= 15 is 0 Å². The topological polar surface area (TPSA) is 57.6 Å². The highest BCUT2D eigenvalue weighted by Crippen LogP contribution is 2.44. The summed E-state index contributed by atoms with van der Waals surface area (Å²) < 4.78 is 0. The Morgan fingerprint density at radius 1 is 1.13 bits per heavy atom. The summed E-state index contributed by atoms with van der Waals surface area (Å²) >= 11 is 0. The van der Waals surface area contributed by atoms with E-state index in [1.807, 2.05) is 43.3 Å². The maximum Gasteiger partial charge on any atom is 0.264 e. The van der Waals surface area contributed by atoms with Crippen molar-refractivity contribution in [2.75, 3.05) is 4.90 Å². The smallest absolute Gasteiger partial charge is 0.264 e. The Morgan fingerprint density at radius 3 is 2.48 bits per heavy atom. The van der Waals surface area contributed by atoms with Gasteiger partial charge in [0.2, 0.25) is 0 Å². The fraction of sp³-hybridized carbons (Fsp3) is 0.263. The summed E-state index contributed by atoms with van der Waals surface area (Å²) in [6, 6.07) is 15.1. The molecule has 2 aromatic rings. The van der Waals surface area contributed by atoms with Crippen LogP contribution in [0.1, 0.15) is 30.0 Å². The lowest BCUT2D eigenvalue weighted by Crippen LogP contribution is -2.41. The highest BCUT2D eigenvalue weighted by molar-refractivity contribution is 6.09. The van der Waals surface area contributed by atoms with Gasteiger partial charge in [-0.1, -0.05) is 48.5 Å². The molecule has 4 nitrogen and oxygen atoms in total. The molecule has 0 unspecified atom stereocenters. The lowest BCUT2D eigenvalue weighted by molar-refractivity contribution is -0.141. The number of hydrogen-bond donors (Lipinski definition) is 1. The number of nitrogens with zero attached hydrogens (tertiary/aromatic N) is 1. The first-order valence-electron chi connectivity index (χ1n) is 7.61. The zero-order valence-electron chi connectivity index (χ0n) is 13.2. The summed E-state index contributed by atoms with van der Waals surface area (Å²) in [6.07, 6.45) is -0.201. The van der Waals surface area contributed by atoms with E-state index < -0.39 is 11.5 Å². The summed E-state index contributed by atoms with van der Waals surface area (Å²) in [7, 11) is 0. The summed E-state index contributed by atoms with van der Waals surface area (Å²) in [5.41, 5.74) is 1.36. The molecule has 1 N–H and O–H groups in total. The maximum absolute atomic E-state index is 12.9. The molecule has 0 radical (unpaired) electrons. The normalized spacial score (nSPS) is 19.8. The first kappa shape index (κ1) is 15.4. The van der Waals surface area contributed by atoms with Gasteiger partial charge in [0.25, 0.3) is 5.91 Å². The molecule has 0 spiro atoms. The third-order valence-electron chi connectivity index (χ3n) is 4.24. The minimum atomic E-state index is -1.76. The van der Waals surface area contributed by atoms with Gasteiger partial charge in [0.1, 0.15) is 5.78 Å². The Morgan fingerprint density at radius 2 is 1.83 bits per heavy atom. The number of ketones is 1. The van der Waals surface area contributed by atoms with E-state index in [0.717, 1.165) is 11.1 Å². The van der Waals surface area contributed by atoms with Gasteiger partial charge in [-0.3, -0.25) is 9.59 Å². The van der Waals surface area contributed by atoms with Crippen LogP contribution in [0.25, 0.3) is 0 Å². The van der Waals surface area contributed by atoms with Crippen LogP contribution >= 0.6 is 0 Å². The van der Waals surface area contributed by atoms with E-state index in [9.17, 15) is 14.7 Å². The molecule has 0 aromatic heterocycles. The van der Waals surface area contributed by atoms with Crippen LogP contribution in [0, 0.1) is 6.92 Å². The highest BCUT2D eigenvalue weighted by atomic mass is 16.3. The second-order valence-electron chi connectivity index (χ2n) is 6.09. The number of Topliss-reactive ketones (excluding diaryl/α,β-unsaturated/α-hetero) is 1. The van der Waals surface area contributed by atoms with Crippen molar-refractivity contribution in [1.29, 1.82) is 0 Å². The lowest BCUT2D eigenvalue weighted by atomic mass is 9.89. The molecule has 118 valence electrons. The molecule has 1 amide bonds. The molecular weight excluding hydrogens is 290 g/mol. The molecule has 0 aliphatic carbocycles. The molecule has 1 heterocycles. The highest BCUT2D eigenvalue weighted by Gasteiger charge is 2.50. The molecule has 1 aliphatic heterocycles. The average molecular weight is 309 g/mol. The van der Waals surface area contributed by atoms with Crippen LogP contribution < -0.4 is 4.90 Å². The van der Waals surface area contributed by atoms with Gasteiger partial charge in [0.15, 0.2) is 5.60 Å². The Kier molecular flexibility index (Phi) is 3.78. The van der Waals surface area contributed by atoms with E-state index in [2.05, 4.69) is 0 Å². The molecule has 4 heteroatoms. The van der Waals surface area contributed by atoms with Crippen LogP contribution in [0.4, 0.5) is 5.69 Å². The minimum absolute atomic E-state index is 0.201. The van der Waals surface area contributed by atoms with Crippen LogP contribution in [0.2, 0.25) is 0 Å². The fourth-order valence-corrected chi connectivity index (χ4v) is 3.24. The number of fused-ring (bicyclic) bond motifs is 1. The number of carbonyl (C=O) groups excluding carboxylic acids is 2. The van der Waals surface area contributed by atoms with Crippen molar-refractivity contribution < 1.29 is 14.7 Å². The fourth-order valence-electron chi connectivity index (χ4n) is 3.24. The van der Waals surface area contributed by atoms with E-state index in [4.69, 9.17) is 0 Å². The summed E-state index contributed by atoms with van der Waals surface area (Å²) in [5, 5.41) is 10.9. The molecule has 3 rings (SSSR count). The van der Waals surface area contributed by atoms with Crippen LogP contribution in [0.3, 0.4) is 0 Å². The molecule has 1 aliphatic rings. The van der Waals surface area contributed by atoms with Crippen LogP contribution in [0.15, 0.2) is 48.5 Å². The largest absolute Gasteiger partial charge is 0.375 e. The summed E-state index contributed by atoms with van der Waals surface area (Å²) in [6.45, 7) is 3.67. The summed E-state index contributed by atoms with van der Waals surface area (Å²) in [5.74, 6) is -0.643. The van der Waals surface area contributed by atoms with Gasteiger partial charge < -0.3 is 10.0 Å². The van der Waals surface area contributed by atoms with E-state index in [0.29, 0.717) is 17.8 Å². The Labute approximate surface area is 135 Å². The van der Waals surface area contributed by atoms with Gasteiger partial charge >= 0.3 is 0 Å².